The molecule has 0 fully saturated rings. The van der Waals surface area contributed by atoms with Crippen molar-refractivity contribution in [2.45, 2.75) is 33.2 Å². The Balaban J connectivity index is 2.92. The number of hydrogen-bond donors (Lipinski definition) is 2. The molecule has 78 valence electrons. The summed E-state index contributed by atoms with van der Waals surface area (Å²) >= 11 is 0. The highest BCUT2D eigenvalue weighted by Crippen LogP contribution is 2.14. The largest absolute Gasteiger partial charge is 0.463 e. The Labute approximate surface area is 82.7 Å². The molecule has 0 unspecified atom stereocenters. The fourth-order valence-electron chi connectivity index (χ4n) is 1.11. The van der Waals surface area contributed by atoms with Crippen LogP contribution in [0, 0.1) is 6.92 Å². The molecule has 0 aliphatic heterocycles. The molecule has 14 heavy (non-hydrogen) atoms. The first-order chi connectivity index (χ1) is 6.29. The van der Waals surface area contributed by atoms with Gasteiger partial charge in [-0.2, -0.15) is 4.68 Å². The summed E-state index contributed by atoms with van der Waals surface area (Å²) in [6.07, 6.45) is -1.07. The summed E-state index contributed by atoms with van der Waals surface area (Å²) in [5.41, 5.74) is 0.480. The molecule has 0 saturated carbocycles. The molecule has 0 aliphatic rings. The second-order valence-corrected chi connectivity index (χ2v) is 4.24. The van der Waals surface area contributed by atoms with Crippen LogP contribution in [0.25, 0.3) is 0 Å². The maximum atomic E-state index is 10.7. The summed E-state index contributed by atoms with van der Waals surface area (Å²) in [6.45, 7) is 7.67. The number of hydrogen-bond acceptors (Lipinski definition) is 3. The smallest absolute Gasteiger partial charge is 0.432 e. The van der Waals surface area contributed by atoms with Crippen LogP contribution in [0.15, 0.2) is 6.07 Å². The minimum Gasteiger partial charge on any atom is -0.463 e. The lowest BCUT2D eigenvalue weighted by Crippen LogP contribution is -2.26. The highest BCUT2D eigenvalue weighted by Gasteiger charge is 2.14. The molecule has 0 aliphatic carbocycles. The van der Waals surface area contributed by atoms with Crippen molar-refractivity contribution in [3.8, 4) is 0 Å². The van der Waals surface area contributed by atoms with Gasteiger partial charge in [0.15, 0.2) is 0 Å². The molecule has 0 aromatic carbocycles. The van der Waals surface area contributed by atoms with E-state index in [1.165, 1.54) is 0 Å². The van der Waals surface area contributed by atoms with Crippen LogP contribution < -0.4 is 5.32 Å². The average molecular weight is 197 g/mol. The second-order valence-electron chi connectivity index (χ2n) is 4.24. The molecule has 1 rings (SSSR count). The van der Waals surface area contributed by atoms with Crippen molar-refractivity contribution < 1.29 is 9.90 Å². The lowest BCUT2D eigenvalue weighted by molar-refractivity contribution is 0.192. The van der Waals surface area contributed by atoms with Crippen LogP contribution >= 0.6 is 0 Å². The third kappa shape index (κ3) is 2.48. The fraction of sp³-hybridized carbons (Fsp3) is 0.556. The van der Waals surface area contributed by atoms with E-state index in [1.54, 1.807) is 13.0 Å². The third-order valence-electron chi connectivity index (χ3n) is 1.57. The van der Waals surface area contributed by atoms with Gasteiger partial charge in [-0.3, -0.25) is 0 Å². The van der Waals surface area contributed by atoms with Crippen LogP contribution in [0.3, 0.4) is 0 Å². The van der Waals surface area contributed by atoms with E-state index >= 15 is 0 Å². The van der Waals surface area contributed by atoms with Crippen LogP contribution in [-0.4, -0.2) is 26.5 Å². The number of aromatic nitrogens is 2. The number of aryl methyl sites for hydroxylation is 1. The Hall–Kier alpha value is -1.52. The normalized spacial score (nSPS) is 11.4. The zero-order chi connectivity index (χ0) is 10.9. The van der Waals surface area contributed by atoms with Gasteiger partial charge in [-0.25, -0.2) is 4.79 Å². The van der Waals surface area contributed by atoms with Crippen LogP contribution in [0.2, 0.25) is 0 Å². The molecule has 2 N–H and O–H groups in total. The molecule has 1 heterocycles. The second kappa shape index (κ2) is 3.32. The molecule has 0 spiro atoms. The van der Waals surface area contributed by atoms with E-state index in [1.807, 2.05) is 20.8 Å². The van der Waals surface area contributed by atoms with Gasteiger partial charge in [-0.1, -0.05) is 0 Å². The minimum atomic E-state index is -1.07. The summed E-state index contributed by atoms with van der Waals surface area (Å²) in [4.78, 5) is 10.7. The van der Waals surface area contributed by atoms with Gasteiger partial charge in [0.25, 0.3) is 0 Å². The van der Waals surface area contributed by atoms with Gasteiger partial charge in [-0.15, -0.1) is 5.10 Å². The maximum absolute atomic E-state index is 10.7. The first kappa shape index (κ1) is 10.6. The Morgan fingerprint density at radius 2 is 2.14 bits per heavy atom. The highest BCUT2D eigenvalue weighted by atomic mass is 16.4. The fourth-order valence-corrected chi connectivity index (χ4v) is 1.11. The van der Waals surface area contributed by atoms with Crippen molar-refractivity contribution in [3.63, 3.8) is 0 Å². The van der Waals surface area contributed by atoms with Gasteiger partial charge in [0.1, 0.15) is 5.82 Å². The molecule has 1 aromatic heterocycles. The first-order valence-corrected chi connectivity index (χ1v) is 4.38. The van der Waals surface area contributed by atoms with Crippen molar-refractivity contribution in [1.82, 2.24) is 9.78 Å². The van der Waals surface area contributed by atoms with Crippen molar-refractivity contribution >= 4 is 11.9 Å². The Morgan fingerprint density at radius 1 is 1.57 bits per heavy atom. The Morgan fingerprint density at radius 3 is 2.50 bits per heavy atom. The number of rotatable bonds is 1. The van der Waals surface area contributed by atoms with Crippen molar-refractivity contribution in [3.05, 3.63) is 11.8 Å². The molecule has 1 aromatic rings. The topological polar surface area (TPSA) is 67.2 Å². The van der Waals surface area contributed by atoms with Gasteiger partial charge < -0.3 is 10.4 Å². The number of nitrogens with one attached hydrogen (secondary N) is 1. The molecule has 5 heteroatoms. The van der Waals surface area contributed by atoms with E-state index in [0.29, 0.717) is 11.5 Å². The zero-order valence-electron chi connectivity index (χ0n) is 8.83. The van der Waals surface area contributed by atoms with Gasteiger partial charge in [0.05, 0.1) is 0 Å². The summed E-state index contributed by atoms with van der Waals surface area (Å²) in [7, 11) is 0. The van der Waals surface area contributed by atoms with Gasteiger partial charge >= 0.3 is 6.09 Å². The highest BCUT2D eigenvalue weighted by molar-refractivity contribution is 5.68. The van der Waals surface area contributed by atoms with Crippen molar-refractivity contribution in [2.75, 3.05) is 5.32 Å². The quantitative estimate of drug-likeness (QED) is 0.721. The minimum absolute atomic E-state index is 0.121. The van der Waals surface area contributed by atoms with E-state index in [2.05, 4.69) is 10.4 Å². The summed E-state index contributed by atoms with van der Waals surface area (Å²) in [6, 6.07) is 1.71. The van der Waals surface area contributed by atoms with Crippen LogP contribution in [0.5, 0.6) is 0 Å². The molecule has 0 atom stereocenters. The molecule has 0 bridgehead atoms. The lowest BCUT2D eigenvalue weighted by atomic mass is 10.1. The van der Waals surface area contributed by atoms with Crippen molar-refractivity contribution in [2.24, 2.45) is 0 Å². The molecule has 0 radical (unpaired) electrons. The average Bonchev–Trinajstić information content (AvgIpc) is 2.26. The predicted octanol–water partition coefficient (Wildman–Crippen LogP) is 1.93. The number of carboxylic acid groups (broad SMARTS) is 1. The Kier molecular flexibility index (Phi) is 2.51. The van der Waals surface area contributed by atoms with Gasteiger partial charge in [0.2, 0.25) is 0 Å². The molecular weight excluding hydrogens is 182 g/mol. The number of nitrogens with zero attached hydrogens (tertiary/aromatic N) is 2. The Bertz CT molecular complexity index is 349. The van der Waals surface area contributed by atoms with Crippen LogP contribution in [-0.2, 0) is 0 Å². The van der Waals surface area contributed by atoms with E-state index < -0.39 is 6.09 Å². The van der Waals surface area contributed by atoms with E-state index in [4.69, 9.17) is 5.11 Å². The molecule has 0 amide bonds. The first-order valence-electron chi connectivity index (χ1n) is 4.38. The maximum Gasteiger partial charge on any atom is 0.432 e. The van der Waals surface area contributed by atoms with Gasteiger partial charge in [-0.05, 0) is 27.7 Å². The van der Waals surface area contributed by atoms with Crippen LogP contribution in [0.4, 0.5) is 10.6 Å². The summed E-state index contributed by atoms with van der Waals surface area (Å²) in [5.74, 6) is 0.581. The zero-order valence-corrected chi connectivity index (χ0v) is 8.83. The summed E-state index contributed by atoms with van der Waals surface area (Å²) in [5, 5.41) is 15.8. The van der Waals surface area contributed by atoms with E-state index in [0.717, 1.165) is 4.68 Å². The van der Waals surface area contributed by atoms with Gasteiger partial charge in [0, 0.05) is 17.3 Å². The monoisotopic (exact) mass is 197 g/mol. The molecule has 0 saturated heterocycles. The number of carbonyl (C=O) groups is 1. The number of anilines is 1. The standard InChI is InChI=1S/C9H15N3O2/c1-6-5-7(10-9(2,3)4)11-12(6)8(13)14/h5H,1-4H3,(H,10,11)(H,13,14). The predicted molar refractivity (Wildman–Crippen MR) is 53.8 cm³/mol. The third-order valence-corrected chi connectivity index (χ3v) is 1.57. The summed E-state index contributed by atoms with van der Waals surface area (Å²) < 4.78 is 0.952. The van der Waals surface area contributed by atoms with Crippen LogP contribution in [0.1, 0.15) is 26.5 Å². The van der Waals surface area contributed by atoms with Crippen molar-refractivity contribution in [1.29, 1.82) is 0 Å². The SMILES string of the molecule is Cc1cc(NC(C)(C)C)nn1C(=O)O. The van der Waals surface area contributed by atoms with E-state index in [9.17, 15) is 4.79 Å². The molecular formula is C9H15N3O2. The van der Waals surface area contributed by atoms with E-state index in [-0.39, 0.29) is 5.54 Å². The lowest BCUT2D eigenvalue weighted by Gasteiger charge is -2.19. The molecule has 5 nitrogen and oxygen atoms in total.